The molecular weight excluding hydrogens is 328 g/mol. The average Bonchev–Trinajstić information content (AvgIpc) is 2.84. The molecule has 0 aliphatic carbocycles. The van der Waals surface area contributed by atoms with E-state index in [1.165, 1.54) is 17.0 Å². The summed E-state index contributed by atoms with van der Waals surface area (Å²) in [5.41, 5.74) is 0.685. The molecule has 0 N–H and O–H groups in total. The van der Waals surface area contributed by atoms with Crippen LogP contribution in [0.2, 0.25) is 0 Å². The SMILES string of the molecule is CN(Cc1cccc([N+](=O)[O-])c1)C(=O)c1ccc(Br)o1. The molecule has 2 aromatic rings. The molecule has 7 heteroatoms. The average molecular weight is 339 g/mol. The van der Waals surface area contributed by atoms with Crippen LogP contribution in [-0.4, -0.2) is 22.8 Å². The maximum absolute atomic E-state index is 12.1. The number of carbonyl (C=O) groups excluding carboxylic acids is 1. The van der Waals surface area contributed by atoms with E-state index in [2.05, 4.69) is 15.9 Å². The van der Waals surface area contributed by atoms with Gasteiger partial charge in [-0.25, -0.2) is 0 Å². The zero-order chi connectivity index (χ0) is 14.7. The van der Waals surface area contributed by atoms with Gasteiger partial charge in [-0.1, -0.05) is 12.1 Å². The molecule has 6 nitrogen and oxygen atoms in total. The van der Waals surface area contributed by atoms with Gasteiger partial charge in [-0.05, 0) is 33.6 Å². The minimum Gasteiger partial charge on any atom is -0.444 e. The predicted molar refractivity (Wildman–Crippen MR) is 75.3 cm³/mol. The number of nitro groups is 1. The maximum atomic E-state index is 12.1. The van der Waals surface area contributed by atoms with Crippen molar-refractivity contribution < 1.29 is 14.1 Å². The zero-order valence-corrected chi connectivity index (χ0v) is 12.2. The van der Waals surface area contributed by atoms with Crippen molar-refractivity contribution in [2.24, 2.45) is 0 Å². The van der Waals surface area contributed by atoms with E-state index in [0.29, 0.717) is 10.2 Å². The Labute approximate surface area is 123 Å². The van der Waals surface area contributed by atoms with Crippen molar-refractivity contribution in [3.05, 3.63) is 62.5 Å². The second-order valence-corrected chi connectivity index (χ2v) is 4.97. The number of nitro benzene ring substituents is 1. The number of hydrogen-bond donors (Lipinski definition) is 0. The summed E-state index contributed by atoms with van der Waals surface area (Å²) < 4.78 is 5.66. The largest absolute Gasteiger partial charge is 0.444 e. The smallest absolute Gasteiger partial charge is 0.289 e. The first-order chi connectivity index (χ1) is 9.47. The molecule has 1 heterocycles. The van der Waals surface area contributed by atoms with Crippen molar-refractivity contribution in [2.45, 2.75) is 6.54 Å². The van der Waals surface area contributed by atoms with Crippen LogP contribution in [0, 0.1) is 10.1 Å². The van der Waals surface area contributed by atoms with E-state index >= 15 is 0 Å². The molecule has 0 fully saturated rings. The van der Waals surface area contributed by atoms with E-state index in [1.54, 1.807) is 31.3 Å². The predicted octanol–water partition coefficient (Wildman–Crippen LogP) is 3.22. The summed E-state index contributed by atoms with van der Waals surface area (Å²) >= 11 is 3.13. The number of amides is 1. The Bertz CT molecular complexity index is 653. The molecule has 0 bridgehead atoms. The number of nitrogens with zero attached hydrogens (tertiary/aromatic N) is 2. The van der Waals surface area contributed by atoms with Crippen molar-refractivity contribution in [1.29, 1.82) is 0 Å². The van der Waals surface area contributed by atoms with Crippen LogP contribution in [0.15, 0.2) is 45.5 Å². The Morgan fingerprint density at radius 3 is 2.75 bits per heavy atom. The third-order valence-corrected chi connectivity index (χ3v) is 3.10. The number of furan rings is 1. The molecule has 0 unspecified atom stereocenters. The summed E-state index contributed by atoms with van der Waals surface area (Å²) in [7, 11) is 1.61. The minimum atomic E-state index is -0.463. The molecule has 104 valence electrons. The highest BCUT2D eigenvalue weighted by molar-refractivity contribution is 9.10. The first-order valence-corrected chi connectivity index (χ1v) is 6.51. The first-order valence-electron chi connectivity index (χ1n) is 5.71. The van der Waals surface area contributed by atoms with E-state index in [0.717, 1.165) is 0 Å². The minimum absolute atomic E-state index is 0.00379. The number of carbonyl (C=O) groups is 1. The molecule has 0 spiro atoms. The molecule has 1 amide bonds. The van der Waals surface area contributed by atoms with Crippen molar-refractivity contribution in [2.75, 3.05) is 7.05 Å². The summed E-state index contributed by atoms with van der Waals surface area (Å²) in [6, 6.07) is 9.38. The van der Waals surface area contributed by atoms with E-state index < -0.39 is 4.92 Å². The maximum Gasteiger partial charge on any atom is 0.289 e. The fraction of sp³-hybridized carbons (Fsp3) is 0.154. The van der Waals surface area contributed by atoms with E-state index in [-0.39, 0.29) is 23.9 Å². The van der Waals surface area contributed by atoms with Crippen LogP contribution >= 0.6 is 15.9 Å². The molecule has 0 saturated heterocycles. The van der Waals surface area contributed by atoms with Gasteiger partial charge in [-0.2, -0.15) is 0 Å². The lowest BCUT2D eigenvalue weighted by Crippen LogP contribution is -2.25. The molecule has 0 aliphatic rings. The summed E-state index contributed by atoms with van der Waals surface area (Å²) in [6.07, 6.45) is 0. The Balaban J connectivity index is 2.11. The van der Waals surface area contributed by atoms with Gasteiger partial charge in [0, 0.05) is 25.7 Å². The van der Waals surface area contributed by atoms with Crippen LogP contribution in [0.4, 0.5) is 5.69 Å². The molecule has 0 aliphatic heterocycles. The van der Waals surface area contributed by atoms with Crippen molar-refractivity contribution in [3.8, 4) is 0 Å². The van der Waals surface area contributed by atoms with Gasteiger partial charge in [0.05, 0.1) is 4.92 Å². The van der Waals surface area contributed by atoms with Crippen LogP contribution in [0.3, 0.4) is 0 Å². The van der Waals surface area contributed by atoms with Gasteiger partial charge >= 0.3 is 0 Å². The lowest BCUT2D eigenvalue weighted by molar-refractivity contribution is -0.384. The van der Waals surface area contributed by atoms with Crippen molar-refractivity contribution in [3.63, 3.8) is 0 Å². The lowest BCUT2D eigenvalue weighted by Gasteiger charge is -2.15. The Morgan fingerprint density at radius 2 is 2.15 bits per heavy atom. The van der Waals surface area contributed by atoms with Gasteiger partial charge in [-0.3, -0.25) is 14.9 Å². The topological polar surface area (TPSA) is 76.6 Å². The standard InChI is InChI=1S/C13H11BrN2O4/c1-15(13(17)11-5-6-12(14)20-11)8-9-3-2-4-10(7-9)16(18)19/h2-7H,8H2,1H3. The van der Waals surface area contributed by atoms with Crippen LogP contribution in [-0.2, 0) is 6.54 Å². The Kier molecular flexibility index (Phi) is 4.19. The Hall–Kier alpha value is -2.15. The normalized spacial score (nSPS) is 10.3. The third kappa shape index (κ3) is 3.24. The van der Waals surface area contributed by atoms with E-state index in [9.17, 15) is 14.9 Å². The summed E-state index contributed by atoms with van der Waals surface area (Å²) in [4.78, 5) is 23.7. The molecule has 0 radical (unpaired) electrons. The monoisotopic (exact) mass is 338 g/mol. The number of halogens is 1. The molecule has 20 heavy (non-hydrogen) atoms. The number of non-ortho nitro benzene ring substituents is 1. The van der Waals surface area contributed by atoms with Gasteiger partial charge in [-0.15, -0.1) is 0 Å². The molecule has 1 aromatic heterocycles. The van der Waals surface area contributed by atoms with Gasteiger partial charge in [0.15, 0.2) is 10.4 Å². The molecular formula is C13H11BrN2O4. The highest BCUT2D eigenvalue weighted by atomic mass is 79.9. The van der Waals surface area contributed by atoms with E-state index in [1.807, 2.05) is 0 Å². The summed E-state index contributed by atoms with van der Waals surface area (Å²) in [5.74, 6) is -0.0768. The number of hydrogen-bond acceptors (Lipinski definition) is 4. The van der Waals surface area contributed by atoms with Gasteiger partial charge in [0.1, 0.15) is 0 Å². The third-order valence-electron chi connectivity index (χ3n) is 2.67. The van der Waals surface area contributed by atoms with Gasteiger partial charge < -0.3 is 9.32 Å². The van der Waals surface area contributed by atoms with Crippen molar-refractivity contribution in [1.82, 2.24) is 4.90 Å². The lowest BCUT2D eigenvalue weighted by atomic mass is 10.2. The quantitative estimate of drug-likeness (QED) is 0.633. The first kappa shape index (κ1) is 14.3. The second kappa shape index (κ2) is 5.87. The highest BCUT2D eigenvalue weighted by Gasteiger charge is 2.16. The zero-order valence-electron chi connectivity index (χ0n) is 10.6. The molecule has 0 atom stereocenters. The van der Waals surface area contributed by atoms with Crippen LogP contribution in [0.1, 0.15) is 16.1 Å². The highest BCUT2D eigenvalue weighted by Crippen LogP contribution is 2.18. The molecule has 2 rings (SSSR count). The fourth-order valence-corrected chi connectivity index (χ4v) is 2.04. The van der Waals surface area contributed by atoms with Crippen LogP contribution in [0.25, 0.3) is 0 Å². The van der Waals surface area contributed by atoms with Gasteiger partial charge in [0.25, 0.3) is 11.6 Å². The number of benzene rings is 1. The second-order valence-electron chi connectivity index (χ2n) is 4.19. The van der Waals surface area contributed by atoms with E-state index in [4.69, 9.17) is 4.42 Å². The van der Waals surface area contributed by atoms with Crippen molar-refractivity contribution >= 4 is 27.5 Å². The number of rotatable bonds is 4. The van der Waals surface area contributed by atoms with Crippen LogP contribution < -0.4 is 0 Å². The van der Waals surface area contributed by atoms with Gasteiger partial charge in [0.2, 0.25) is 0 Å². The Morgan fingerprint density at radius 1 is 1.40 bits per heavy atom. The van der Waals surface area contributed by atoms with Crippen LogP contribution in [0.5, 0.6) is 0 Å². The summed E-state index contributed by atoms with van der Waals surface area (Å²) in [6.45, 7) is 0.263. The molecule has 0 saturated carbocycles. The fourth-order valence-electron chi connectivity index (χ4n) is 1.73. The summed E-state index contributed by atoms with van der Waals surface area (Å²) in [5, 5.41) is 10.7. The molecule has 1 aromatic carbocycles.